The lowest BCUT2D eigenvalue weighted by molar-refractivity contribution is -0.146. The van der Waals surface area contributed by atoms with Gasteiger partial charge in [0.15, 0.2) is 0 Å². The molecule has 0 aliphatic carbocycles. The molecule has 7 nitrogen and oxygen atoms in total. The molecule has 2 aliphatic rings. The SMILES string of the molecule is Cl.NC[C@H]1CC[C@@H](C(=O)N2CCCCC2CNC(=O)Nc2ccccc2)O1. The molecule has 3 atom stereocenters. The number of ether oxygens (including phenoxy) is 1. The predicted octanol–water partition coefficient (Wildman–Crippen LogP) is 2.12. The highest BCUT2D eigenvalue weighted by Gasteiger charge is 2.36. The Balaban J connectivity index is 0.00000261. The first kappa shape index (κ1) is 21.5. The maximum Gasteiger partial charge on any atom is 0.319 e. The van der Waals surface area contributed by atoms with Crippen molar-refractivity contribution in [3.05, 3.63) is 30.3 Å². The van der Waals surface area contributed by atoms with E-state index in [0.717, 1.165) is 44.3 Å². The number of benzene rings is 1. The lowest BCUT2D eigenvalue weighted by atomic mass is 10.0. The fourth-order valence-corrected chi connectivity index (χ4v) is 3.66. The van der Waals surface area contributed by atoms with Crippen LogP contribution in [0.2, 0.25) is 0 Å². The Bertz CT molecular complexity index is 616. The fourth-order valence-electron chi connectivity index (χ4n) is 3.66. The van der Waals surface area contributed by atoms with E-state index < -0.39 is 0 Å². The molecule has 0 aromatic heterocycles. The minimum absolute atomic E-state index is 0. The maximum absolute atomic E-state index is 12.8. The molecule has 8 heteroatoms. The van der Waals surface area contributed by atoms with Crippen LogP contribution < -0.4 is 16.4 Å². The number of amides is 3. The number of nitrogens with two attached hydrogens (primary N) is 1. The number of urea groups is 1. The first-order chi connectivity index (χ1) is 12.7. The molecule has 2 heterocycles. The highest BCUT2D eigenvalue weighted by molar-refractivity contribution is 5.89. The van der Waals surface area contributed by atoms with Crippen LogP contribution in [0, 0.1) is 0 Å². The van der Waals surface area contributed by atoms with Crippen molar-refractivity contribution in [1.29, 1.82) is 0 Å². The predicted molar refractivity (Wildman–Crippen MR) is 107 cm³/mol. The molecule has 0 bridgehead atoms. The van der Waals surface area contributed by atoms with Crippen LogP contribution in [-0.2, 0) is 9.53 Å². The zero-order valence-corrected chi connectivity index (χ0v) is 16.2. The zero-order chi connectivity index (χ0) is 18.4. The van der Waals surface area contributed by atoms with Gasteiger partial charge in [-0.2, -0.15) is 0 Å². The number of likely N-dealkylation sites (tertiary alicyclic amines) is 1. The monoisotopic (exact) mass is 396 g/mol. The van der Waals surface area contributed by atoms with Gasteiger partial charge in [-0.3, -0.25) is 4.79 Å². The van der Waals surface area contributed by atoms with Crippen molar-refractivity contribution in [2.24, 2.45) is 5.73 Å². The third-order valence-corrected chi connectivity index (χ3v) is 5.09. The number of carbonyl (C=O) groups is 2. The molecule has 4 N–H and O–H groups in total. The van der Waals surface area contributed by atoms with Gasteiger partial charge < -0.3 is 26.0 Å². The number of hydrogen-bond acceptors (Lipinski definition) is 4. The van der Waals surface area contributed by atoms with Gasteiger partial charge in [-0.1, -0.05) is 18.2 Å². The first-order valence-electron chi connectivity index (χ1n) is 9.43. The van der Waals surface area contributed by atoms with Gasteiger partial charge in [0.05, 0.1) is 6.10 Å². The topological polar surface area (TPSA) is 96.7 Å². The van der Waals surface area contributed by atoms with E-state index in [9.17, 15) is 9.59 Å². The first-order valence-corrected chi connectivity index (χ1v) is 9.43. The number of hydrogen-bond donors (Lipinski definition) is 3. The van der Waals surface area contributed by atoms with E-state index in [1.54, 1.807) is 0 Å². The Morgan fingerprint density at radius 3 is 2.63 bits per heavy atom. The maximum atomic E-state index is 12.8. The lowest BCUT2D eigenvalue weighted by Gasteiger charge is -2.37. The largest absolute Gasteiger partial charge is 0.364 e. The highest BCUT2D eigenvalue weighted by Crippen LogP contribution is 2.24. The van der Waals surface area contributed by atoms with Gasteiger partial charge in [0.2, 0.25) is 0 Å². The number of para-hydroxylation sites is 1. The molecule has 2 fully saturated rings. The van der Waals surface area contributed by atoms with Crippen molar-refractivity contribution in [2.75, 3.05) is 25.0 Å². The molecular formula is C19H29ClN4O3. The third kappa shape index (κ3) is 5.82. The molecule has 0 spiro atoms. The number of piperidine rings is 1. The number of nitrogens with one attached hydrogen (secondary N) is 2. The number of nitrogens with zero attached hydrogens (tertiary/aromatic N) is 1. The standard InChI is InChI=1S/C19H28N4O3.ClH/c20-12-16-9-10-17(26-16)18(24)23-11-5-4-8-15(23)13-21-19(25)22-14-6-2-1-3-7-14;/h1-3,6-7,15-17H,4-5,8-13,20H2,(H2,21,22,25);1H/t15?,16-,17+;/m1./s1. The summed E-state index contributed by atoms with van der Waals surface area (Å²) in [6, 6.07) is 9.06. The number of rotatable bonds is 5. The van der Waals surface area contributed by atoms with Crippen LogP contribution in [0.4, 0.5) is 10.5 Å². The van der Waals surface area contributed by atoms with E-state index in [-0.39, 0.29) is 42.6 Å². The van der Waals surface area contributed by atoms with Gasteiger partial charge in [0, 0.05) is 31.4 Å². The minimum Gasteiger partial charge on any atom is -0.364 e. The molecule has 0 radical (unpaired) electrons. The van der Waals surface area contributed by atoms with Crippen molar-refractivity contribution in [2.45, 2.75) is 50.4 Å². The summed E-state index contributed by atoms with van der Waals surface area (Å²) in [4.78, 5) is 26.8. The quantitative estimate of drug-likeness (QED) is 0.710. The van der Waals surface area contributed by atoms with Gasteiger partial charge in [0.1, 0.15) is 6.10 Å². The van der Waals surface area contributed by atoms with Crippen molar-refractivity contribution < 1.29 is 14.3 Å². The molecule has 1 aromatic carbocycles. The van der Waals surface area contributed by atoms with E-state index in [1.165, 1.54) is 0 Å². The van der Waals surface area contributed by atoms with E-state index >= 15 is 0 Å². The summed E-state index contributed by atoms with van der Waals surface area (Å²) < 4.78 is 5.76. The summed E-state index contributed by atoms with van der Waals surface area (Å²) in [6.07, 6.45) is 4.11. The third-order valence-electron chi connectivity index (χ3n) is 5.09. The van der Waals surface area contributed by atoms with Gasteiger partial charge >= 0.3 is 6.03 Å². The summed E-state index contributed by atoms with van der Waals surface area (Å²) in [5.41, 5.74) is 6.39. The van der Waals surface area contributed by atoms with Gasteiger partial charge in [-0.25, -0.2) is 4.79 Å². The van der Waals surface area contributed by atoms with Gasteiger partial charge in [0.25, 0.3) is 5.91 Å². The van der Waals surface area contributed by atoms with Crippen molar-refractivity contribution in [3.63, 3.8) is 0 Å². The van der Waals surface area contributed by atoms with Crippen LogP contribution in [-0.4, -0.2) is 54.7 Å². The molecule has 2 saturated heterocycles. The second-order valence-electron chi connectivity index (χ2n) is 6.94. The normalized spacial score (nSPS) is 24.8. The molecule has 27 heavy (non-hydrogen) atoms. The molecule has 2 aliphatic heterocycles. The van der Waals surface area contributed by atoms with E-state index in [4.69, 9.17) is 10.5 Å². The summed E-state index contributed by atoms with van der Waals surface area (Å²) in [6.45, 7) is 1.62. The van der Waals surface area contributed by atoms with Crippen LogP contribution in [0.3, 0.4) is 0 Å². The van der Waals surface area contributed by atoms with Gasteiger partial charge in [-0.05, 0) is 44.2 Å². The zero-order valence-electron chi connectivity index (χ0n) is 15.4. The number of halogens is 1. The Hall–Kier alpha value is -1.83. The van der Waals surface area contributed by atoms with Crippen molar-refractivity contribution >= 4 is 30.0 Å². The molecule has 1 unspecified atom stereocenters. The Morgan fingerprint density at radius 1 is 1.15 bits per heavy atom. The molecule has 3 amide bonds. The number of anilines is 1. The Labute approximate surface area is 166 Å². The van der Waals surface area contributed by atoms with Crippen LogP contribution >= 0.6 is 12.4 Å². The average molecular weight is 397 g/mol. The Kier molecular flexibility index (Phi) is 8.34. The van der Waals surface area contributed by atoms with Crippen LogP contribution in [0.25, 0.3) is 0 Å². The minimum atomic E-state index is -0.387. The highest BCUT2D eigenvalue weighted by atomic mass is 35.5. The van der Waals surface area contributed by atoms with Gasteiger partial charge in [-0.15, -0.1) is 12.4 Å². The summed E-state index contributed by atoms with van der Waals surface area (Å²) in [5.74, 6) is 0.0379. The van der Waals surface area contributed by atoms with E-state index in [1.807, 2.05) is 35.2 Å². The second kappa shape index (κ2) is 10.5. The summed E-state index contributed by atoms with van der Waals surface area (Å²) in [5, 5.41) is 5.69. The molecule has 1 aromatic rings. The van der Waals surface area contributed by atoms with E-state index in [2.05, 4.69) is 10.6 Å². The second-order valence-corrected chi connectivity index (χ2v) is 6.94. The fraction of sp³-hybridized carbons (Fsp3) is 0.579. The van der Waals surface area contributed by atoms with E-state index in [0.29, 0.717) is 13.1 Å². The molecule has 3 rings (SSSR count). The molecular weight excluding hydrogens is 368 g/mol. The lowest BCUT2D eigenvalue weighted by Crippen LogP contribution is -2.52. The van der Waals surface area contributed by atoms with Crippen LogP contribution in [0.1, 0.15) is 32.1 Å². The Morgan fingerprint density at radius 2 is 1.93 bits per heavy atom. The smallest absolute Gasteiger partial charge is 0.319 e. The molecule has 0 saturated carbocycles. The van der Waals surface area contributed by atoms with Crippen molar-refractivity contribution in [1.82, 2.24) is 10.2 Å². The summed E-state index contributed by atoms with van der Waals surface area (Å²) in [7, 11) is 0. The van der Waals surface area contributed by atoms with Crippen LogP contribution in [0.15, 0.2) is 30.3 Å². The summed E-state index contributed by atoms with van der Waals surface area (Å²) >= 11 is 0. The molecule has 150 valence electrons. The number of carbonyl (C=O) groups excluding carboxylic acids is 2. The average Bonchev–Trinajstić information content (AvgIpc) is 3.16. The van der Waals surface area contributed by atoms with Crippen LogP contribution in [0.5, 0.6) is 0 Å². The van der Waals surface area contributed by atoms with Crippen molar-refractivity contribution in [3.8, 4) is 0 Å².